The van der Waals surface area contributed by atoms with E-state index in [1.807, 2.05) is 6.07 Å². The molecule has 0 saturated heterocycles. The van der Waals surface area contributed by atoms with Crippen LogP contribution in [0, 0.1) is 0 Å². The molecule has 0 saturated carbocycles. The molecule has 9 aromatic carbocycles. The highest BCUT2D eigenvalue weighted by molar-refractivity contribution is 6.11. The maximum Gasteiger partial charge on any atom is 0.159 e. The van der Waals surface area contributed by atoms with Crippen LogP contribution in [0.15, 0.2) is 205 Å². The normalized spacial score (nSPS) is 11.5. The summed E-state index contributed by atoms with van der Waals surface area (Å²) in [5, 5.41) is 7.13. The van der Waals surface area contributed by atoms with Gasteiger partial charge in [-0.3, -0.25) is 0 Å². The second-order valence-electron chi connectivity index (χ2n) is 13.4. The summed E-state index contributed by atoms with van der Waals surface area (Å²) in [7, 11) is 0. The third kappa shape index (κ3) is 5.30. The van der Waals surface area contributed by atoms with E-state index in [0.717, 1.165) is 44.6 Å². The van der Waals surface area contributed by atoms with E-state index in [9.17, 15) is 0 Å². The third-order valence-corrected chi connectivity index (χ3v) is 10.2. The monoisotopic (exact) mass is 663 g/mol. The summed E-state index contributed by atoms with van der Waals surface area (Å²) in [6.45, 7) is 0. The summed E-state index contributed by atoms with van der Waals surface area (Å²) in [5.41, 5.74) is 12.0. The maximum absolute atomic E-state index is 6.78. The molecule has 2 nitrogen and oxygen atoms in total. The van der Waals surface area contributed by atoms with Crippen molar-refractivity contribution < 1.29 is 4.42 Å². The molecule has 10 rings (SSSR count). The first-order valence-corrected chi connectivity index (χ1v) is 17.7. The van der Waals surface area contributed by atoms with Crippen molar-refractivity contribution in [3.63, 3.8) is 0 Å². The minimum atomic E-state index is 0.865. The summed E-state index contributed by atoms with van der Waals surface area (Å²) >= 11 is 0. The average molecular weight is 664 g/mol. The Morgan fingerprint density at radius 1 is 0.308 bits per heavy atom. The SMILES string of the molecule is c1ccc(-c2ccc3c(c2)oc2c(N(c4ccc(-c5ccc(-c6ccc7ccccc7c6)cc5)cc4)c4ccc5ccccc5c4)cccc23)cc1. The van der Waals surface area contributed by atoms with E-state index >= 15 is 0 Å². The van der Waals surface area contributed by atoms with Crippen LogP contribution in [-0.4, -0.2) is 0 Å². The minimum Gasteiger partial charge on any atom is -0.454 e. The lowest BCUT2D eigenvalue weighted by atomic mass is 9.98. The lowest BCUT2D eigenvalue weighted by Crippen LogP contribution is -2.10. The lowest BCUT2D eigenvalue weighted by Gasteiger charge is -2.26. The largest absolute Gasteiger partial charge is 0.454 e. The molecule has 10 aromatic rings. The van der Waals surface area contributed by atoms with Crippen LogP contribution >= 0.6 is 0 Å². The molecule has 1 heterocycles. The molecule has 52 heavy (non-hydrogen) atoms. The van der Waals surface area contributed by atoms with E-state index in [0.29, 0.717) is 0 Å². The first-order valence-electron chi connectivity index (χ1n) is 17.7. The molecule has 0 N–H and O–H groups in total. The van der Waals surface area contributed by atoms with Crippen molar-refractivity contribution in [3.8, 4) is 33.4 Å². The molecule has 2 heteroatoms. The van der Waals surface area contributed by atoms with Crippen LogP contribution in [0.4, 0.5) is 17.1 Å². The molecule has 0 spiro atoms. The summed E-state index contributed by atoms with van der Waals surface area (Å²) in [6.07, 6.45) is 0. The van der Waals surface area contributed by atoms with Gasteiger partial charge in [0.05, 0.1) is 5.69 Å². The predicted octanol–water partition coefficient (Wildman–Crippen LogP) is 14.4. The molecular weight excluding hydrogens is 631 g/mol. The standard InChI is InChI=1S/C50H33NO/c1-2-9-34(10-3-1)43-26-30-46-47-15-8-16-48(50(47)52-49(46)33-43)51(45-29-25-36-12-5-7-14-41(36)32-45)44-27-23-38(24-28-44)37-17-19-39(20-18-37)42-22-21-35-11-4-6-13-40(35)31-42/h1-33H. The van der Waals surface area contributed by atoms with Gasteiger partial charge in [0.2, 0.25) is 0 Å². The highest BCUT2D eigenvalue weighted by Gasteiger charge is 2.20. The van der Waals surface area contributed by atoms with Gasteiger partial charge in [0.1, 0.15) is 5.58 Å². The Hall–Kier alpha value is -6.90. The van der Waals surface area contributed by atoms with Crippen LogP contribution in [0.1, 0.15) is 0 Å². The van der Waals surface area contributed by atoms with Crippen LogP contribution in [0.5, 0.6) is 0 Å². The van der Waals surface area contributed by atoms with Crippen molar-refractivity contribution in [3.05, 3.63) is 200 Å². The Bertz CT molecular complexity index is 2890. The van der Waals surface area contributed by atoms with Crippen molar-refractivity contribution in [1.29, 1.82) is 0 Å². The van der Waals surface area contributed by atoms with Gasteiger partial charge < -0.3 is 9.32 Å². The quantitative estimate of drug-likeness (QED) is 0.176. The Kier molecular flexibility index (Phi) is 7.18. The molecule has 0 fully saturated rings. The summed E-state index contributed by atoms with van der Waals surface area (Å²) < 4.78 is 6.78. The zero-order chi connectivity index (χ0) is 34.4. The number of anilines is 3. The van der Waals surface area contributed by atoms with Crippen LogP contribution in [0.25, 0.3) is 76.9 Å². The van der Waals surface area contributed by atoms with Gasteiger partial charge in [-0.05, 0) is 103 Å². The number of benzene rings is 9. The molecule has 0 unspecified atom stereocenters. The maximum atomic E-state index is 6.78. The van der Waals surface area contributed by atoms with Crippen LogP contribution in [0.3, 0.4) is 0 Å². The second-order valence-corrected chi connectivity index (χ2v) is 13.4. The Morgan fingerprint density at radius 3 is 1.56 bits per heavy atom. The number of para-hydroxylation sites is 1. The molecule has 0 aliphatic rings. The smallest absolute Gasteiger partial charge is 0.159 e. The average Bonchev–Trinajstić information content (AvgIpc) is 3.60. The highest BCUT2D eigenvalue weighted by Crippen LogP contribution is 2.43. The first kappa shape index (κ1) is 30.0. The van der Waals surface area contributed by atoms with Gasteiger partial charge in [-0.1, -0.05) is 152 Å². The third-order valence-electron chi connectivity index (χ3n) is 10.2. The first-order chi connectivity index (χ1) is 25.7. The van der Waals surface area contributed by atoms with Gasteiger partial charge in [0.25, 0.3) is 0 Å². The fourth-order valence-electron chi connectivity index (χ4n) is 7.54. The van der Waals surface area contributed by atoms with Gasteiger partial charge in [0, 0.05) is 22.1 Å². The zero-order valence-electron chi connectivity index (χ0n) is 28.4. The molecule has 0 aliphatic heterocycles. The molecule has 0 amide bonds. The number of nitrogens with zero attached hydrogens (tertiary/aromatic N) is 1. The fourth-order valence-corrected chi connectivity index (χ4v) is 7.54. The lowest BCUT2D eigenvalue weighted by molar-refractivity contribution is 0.669. The van der Waals surface area contributed by atoms with Gasteiger partial charge in [-0.2, -0.15) is 0 Å². The highest BCUT2D eigenvalue weighted by atomic mass is 16.3. The van der Waals surface area contributed by atoms with Crippen molar-refractivity contribution in [2.45, 2.75) is 0 Å². The molecule has 244 valence electrons. The Balaban J connectivity index is 1.05. The second kappa shape index (κ2) is 12.5. The van der Waals surface area contributed by atoms with Crippen LogP contribution < -0.4 is 4.90 Å². The number of furan rings is 1. The van der Waals surface area contributed by atoms with E-state index in [1.54, 1.807) is 0 Å². The molecule has 0 bridgehead atoms. The summed E-state index contributed by atoms with van der Waals surface area (Å²) in [4.78, 5) is 2.32. The summed E-state index contributed by atoms with van der Waals surface area (Å²) in [6, 6.07) is 71.6. The van der Waals surface area contributed by atoms with Crippen molar-refractivity contribution in [1.82, 2.24) is 0 Å². The molecular formula is C50H33NO. The van der Waals surface area contributed by atoms with Crippen molar-refractivity contribution in [2.75, 3.05) is 4.90 Å². The van der Waals surface area contributed by atoms with Gasteiger partial charge in [-0.25, -0.2) is 0 Å². The van der Waals surface area contributed by atoms with E-state index in [-0.39, 0.29) is 0 Å². The molecule has 0 radical (unpaired) electrons. The van der Waals surface area contributed by atoms with E-state index in [4.69, 9.17) is 4.42 Å². The van der Waals surface area contributed by atoms with Crippen LogP contribution in [-0.2, 0) is 0 Å². The molecule has 0 atom stereocenters. The van der Waals surface area contributed by atoms with E-state index in [2.05, 4.69) is 199 Å². The van der Waals surface area contributed by atoms with Gasteiger partial charge >= 0.3 is 0 Å². The minimum absolute atomic E-state index is 0.865. The van der Waals surface area contributed by atoms with Crippen LogP contribution in [0.2, 0.25) is 0 Å². The fraction of sp³-hybridized carbons (Fsp3) is 0. The van der Waals surface area contributed by atoms with E-state index < -0.39 is 0 Å². The molecule has 0 aliphatic carbocycles. The zero-order valence-corrected chi connectivity index (χ0v) is 28.4. The Labute approximate surface area is 302 Å². The Morgan fingerprint density at radius 2 is 0.827 bits per heavy atom. The van der Waals surface area contributed by atoms with Gasteiger partial charge in [0.15, 0.2) is 5.58 Å². The summed E-state index contributed by atoms with van der Waals surface area (Å²) in [5.74, 6) is 0. The van der Waals surface area contributed by atoms with Crippen molar-refractivity contribution >= 4 is 60.5 Å². The number of fused-ring (bicyclic) bond motifs is 5. The van der Waals surface area contributed by atoms with Gasteiger partial charge in [-0.15, -0.1) is 0 Å². The molecule has 1 aromatic heterocycles. The number of hydrogen-bond donors (Lipinski definition) is 0. The number of rotatable bonds is 6. The number of hydrogen-bond acceptors (Lipinski definition) is 2. The van der Waals surface area contributed by atoms with Crippen molar-refractivity contribution in [2.24, 2.45) is 0 Å². The van der Waals surface area contributed by atoms with E-state index in [1.165, 1.54) is 49.4 Å². The topological polar surface area (TPSA) is 16.4 Å². The predicted molar refractivity (Wildman–Crippen MR) is 220 cm³/mol.